The van der Waals surface area contributed by atoms with E-state index >= 15 is 0 Å². The van der Waals surface area contributed by atoms with Crippen LogP contribution in [0.5, 0.6) is 0 Å². The van der Waals surface area contributed by atoms with Crippen LogP contribution in [0.1, 0.15) is 32.6 Å². The smallest absolute Gasteiger partial charge is 0.250 e. The fourth-order valence-electron chi connectivity index (χ4n) is 4.40. The number of likely N-dealkylation sites (N-methyl/N-ethyl adjacent to an activating group) is 1. The molecule has 3 heterocycles. The van der Waals surface area contributed by atoms with Gasteiger partial charge in [0.15, 0.2) is 5.60 Å². The highest BCUT2D eigenvalue weighted by atomic mass is 16.6. The first kappa shape index (κ1) is 21.6. The molecular weight excluding hydrogens is 376 g/mol. The molecule has 0 saturated carbocycles. The van der Waals surface area contributed by atoms with E-state index in [0.717, 1.165) is 25.9 Å². The van der Waals surface area contributed by atoms with Crippen LogP contribution < -0.4 is 11.1 Å². The van der Waals surface area contributed by atoms with Gasteiger partial charge in [-0.1, -0.05) is 0 Å². The SMILES string of the molecule is CNC(=O)C1=C(C)OC2(COCCN(C(=O)CCN3CCC(C(N)=O)CC3)C2)C1. The number of nitrogens with two attached hydrogens (primary N) is 1. The maximum absolute atomic E-state index is 12.9. The second kappa shape index (κ2) is 9.13. The summed E-state index contributed by atoms with van der Waals surface area (Å²) in [6.07, 6.45) is 2.35. The van der Waals surface area contributed by atoms with E-state index < -0.39 is 5.60 Å². The van der Waals surface area contributed by atoms with Gasteiger partial charge in [-0.05, 0) is 32.9 Å². The van der Waals surface area contributed by atoms with Crippen molar-refractivity contribution in [1.29, 1.82) is 0 Å². The number of nitrogens with one attached hydrogen (secondary N) is 1. The van der Waals surface area contributed by atoms with Gasteiger partial charge >= 0.3 is 0 Å². The van der Waals surface area contributed by atoms with Crippen molar-refractivity contribution in [3.8, 4) is 0 Å². The molecule has 2 fully saturated rings. The Hall–Kier alpha value is -2.13. The average molecular weight is 408 g/mol. The van der Waals surface area contributed by atoms with Crippen molar-refractivity contribution in [3.05, 3.63) is 11.3 Å². The number of amides is 3. The third-order valence-corrected chi connectivity index (χ3v) is 6.13. The summed E-state index contributed by atoms with van der Waals surface area (Å²) in [5, 5.41) is 2.64. The largest absolute Gasteiger partial charge is 0.487 e. The molecule has 3 rings (SSSR count). The highest BCUT2D eigenvalue weighted by Crippen LogP contribution is 2.36. The number of allylic oxidation sites excluding steroid dienone is 1. The second-order valence-electron chi connectivity index (χ2n) is 8.21. The molecule has 162 valence electrons. The van der Waals surface area contributed by atoms with Gasteiger partial charge in [-0.3, -0.25) is 14.4 Å². The lowest BCUT2D eigenvalue weighted by Crippen LogP contribution is -2.47. The number of carbonyl (C=O) groups is 3. The van der Waals surface area contributed by atoms with E-state index in [2.05, 4.69) is 10.2 Å². The summed E-state index contributed by atoms with van der Waals surface area (Å²) < 4.78 is 11.8. The fraction of sp³-hybridized carbons (Fsp3) is 0.750. The number of ether oxygens (including phenoxy) is 2. The van der Waals surface area contributed by atoms with Gasteiger partial charge in [-0.2, -0.15) is 0 Å². The molecular formula is C20H32N4O5. The van der Waals surface area contributed by atoms with Gasteiger partial charge in [0.05, 0.1) is 25.3 Å². The van der Waals surface area contributed by atoms with Gasteiger partial charge in [0.25, 0.3) is 0 Å². The minimum absolute atomic E-state index is 0.0469. The highest BCUT2D eigenvalue weighted by Gasteiger charge is 2.45. The molecule has 3 aliphatic rings. The Morgan fingerprint density at radius 1 is 1.24 bits per heavy atom. The van der Waals surface area contributed by atoms with E-state index in [0.29, 0.717) is 57.0 Å². The molecule has 3 N–H and O–H groups in total. The molecule has 9 nitrogen and oxygen atoms in total. The summed E-state index contributed by atoms with van der Waals surface area (Å²) in [4.78, 5) is 40.3. The molecule has 0 aromatic heterocycles. The first-order chi connectivity index (χ1) is 13.8. The Bertz CT molecular complexity index is 686. The zero-order valence-corrected chi connectivity index (χ0v) is 17.4. The first-order valence-electron chi connectivity index (χ1n) is 10.3. The number of rotatable bonds is 5. The van der Waals surface area contributed by atoms with E-state index in [-0.39, 0.29) is 23.6 Å². The van der Waals surface area contributed by atoms with E-state index in [9.17, 15) is 14.4 Å². The number of primary amides is 1. The molecule has 1 atom stereocenters. The third kappa shape index (κ3) is 5.08. The lowest BCUT2D eigenvalue weighted by molar-refractivity contribution is -0.134. The van der Waals surface area contributed by atoms with E-state index in [4.69, 9.17) is 15.2 Å². The van der Waals surface area contributed by atoms with Crippen molar-refractivity contribution in [1.82, 2.24) is 15.1 Å². The number of hydrogen-bond donors (Lipinski definition) is 2. The van der Waals surface area contributed by atoms with Gasteiger partial charge in [-0.15, -0.1) is 0 Å². The van der Waals surface area contributed by atoms with Crippen molar-refractivity contribution < 1.29 is 23.9 Å². The molecule has 0 radical (unpaired) electrons. The number of likely N-dealkylation sites (tertiary alicyclic amines) is 1. The van der Waals surface area contributed by atoms with Crippen LogP contribution in [0.3, 0.4) is 0 Å². The number of piperidine rings is 1. The Morgan fingerprint density at radius 2 is 1.97 bits per heavy atom. The molecule has 0 aliphatic carbocycles. The van der Waals surface area contributed by atoms with E-state index in [1.54, 1.807) is 18.9 Å². The van der Waals surface area contributed by atoms with Crippen molar-refractivity contribution >= 4 is 17.7 Å². The Morgan fingerprint density at radius 3 is 2.62 bits per heavy atom. The van der Waals surface area contributed by atoms with Crippen molar-refractivity contribution in [2.24, 2.45) is 11.7 Å². The Labute approximate surface area is 171 Å². The highest BCUT2D eigenvalue weighted by molar-refractivity contribution is 5.94. The molecule has 0 bridgehead atoms. The zero-order valence-electron chi connectivity index (χ0n) is 17.4. The summed E-state index contributed by atoms with van der Waals surface area (Å²) in [7, 11) is 1.60. The fourth-order valence-corrected chi connectivity index (χ4v) is 4.40. The van der Waals surface area contributed by atoms with Crippen molar-refractivity contribution in [3.63, 3.8) is 0 Å². The van der Waals surface area contributed by atoms with Crippen LogP contribution in [0.2, 0.25) is 0 Å². The van der Waals surface area contributed by atoms with Crippen molar-refractivity contribution in [2.75, 3.05) is 53.0 Å². The van der Waals surface area contributed by atoms with Gasteiger partial charge in [0, 0.05) is 38.9 Å². The minimum Gasteiger partial charge on any atom is -0.487 e. The maximum atomic E-state index is 12.9. The number of nitrogens with zero attached hydrogens (tertiary/aromatic N) is 2. The molecule has 3 aliphatic heterocycles. The molecule has 1 unspecified atom stereocenters. The maximum Gasteiger partial charge on any atom is 0.250 e. The first-order valence-corrected chi connectivity index (χ1v) is 10.3. The lowest BCUT2D eigenvalue weighted by atomic mass is 9.95. The number of hydrogen-bond acceptors (Lipinski definition) is 6. The van der Waals surface area contributed by atoms with Crippen LogP contribution >= 0.6 is 0 Å². The Balaban J connectivity index is 1.53. The van der Waals surface area contributed by atoms with Gasteiger partial charge in [0.2, 0.25) is 17.7 Å². The van der Waals surface area contributed by atoms with Crippen LogP contribution in [0.15, 0.2) is 11.3 Å². The summed E-state index contributed by atoms with van der Waals surface area (Å²) in [6, 6.07) is 0. The van der Waals surface area contributed by atoms with Crippen LogP contribution in [0.4, 0.5) is 0 Å². The molecule has 1 spiro atoms. The Kier molecular flexibility index (Phi) is 6.79. The molecule has 29 heavy (non-hydrogen) atoms. The molecule has 2 saturated heterocycles. The summed E-state index contributed by atoms with van der Waals surface area (Å²) >= 11 is 0. The summed E-state index contributed by atoms with van der Waals surface area (Å²) in [6.45, 7) is 5.76. The quantitative estimate of drug-likeness (QED) is 0.641. The second-order valence-corrected chi connectivity index (χ2v) is 8.21. The van der Waals surface area contributed by atoms with E-state index in [1.165, 1.54) is 0 Å². The van der Waals surface area contributed by atoms with Gasteiger partial charge < -0.3 is 30.3 Å². The van der Waals surface area contributed by atoms with Crippen LogP contribution in [0.25, 0.3) is 0 Å². The minimum atomic E-state index is -0.697. The van der Waals surface area contributed by atoms with Crippen LogP contribution in [0, 0.1) is 5.92 Å². The predicted octanol–water partition coefficient (Wildman–Crippen LogP) is -0.388. The van der Waals surface area contributed by atoms with E-state index in [1.807, 2.05) is 0 Å². The average Bonchev–Trinajstić information content (AvgIpc) is 2.89. The zero-order chi connectivity index (χ0) is 21.0. The normalized spacial score (nSPS) is 26.3. The molecule has 3 amide bonds. The third-order valence-electron chi connectivity index (χ3n) is 6.13. The topological polar surface area (TPSA) is 114 Å². The van der Waals surface area contributed by atoms with Crippen LogP contribution in [-0.2, 0) is 23.9 Å². The van der Waals surface area contributed by atoms with Gasteiger partial charge in [0.1, 0.15) is 5.76 Å². The van der Waals surface area contributed by atoms with Gasteiger partial charge in [-0.25, -0.2) is 0 Å². The lowest BCUT2D eigenvalue weighted by Gasteiger charge is -2.33. The van der Waals surface area contributed by atoms with Crippen LogP contribution in [-0.4, -0.2) is 86.1 Å². The predicted molar refractivity (Wildman–Crippen MR) is 106 cm³/mol. The monoisotopic (exact) mass is 408 g/mol. The summed E-state index contributed by atoms with van der Waals surface area (Å²) in [5.74, 6) is 0.225. The molecule has 0 aromatic carbocycles. The summed E-state index contributed by atoms with van der Waals surface area (Å²) in [5.41, 5.74) is 5.30. The van der Waals surface area contributed by atoms with Crippen molar-refractivity contribution in [2.45, 2.75) is 38.2 Å². The molecule has 9 heteroatoms. The molecule has 0 aromatic rings. The number of carbonyl (C=O) groups excluding carboxylic acids is 3. The standard InChI is InChI=1S/C20H32N4O5/c1-14-16(19(27)22-2)11-20(29-14)12-24(9-10-28-13-20)17(25)5-8-23-6-3-15(4-7-23)18(21)26/h15H,3-13H2,1-2H3,(H2,21,26)(H,22,27).